The molecule has 0 saturated carbocycles. The van der Waals surface area contributed by atoms with Gasteiger partial charge < -0.3 is 24.4 Å². The van der Waals surface area contributed by atoms with Gasteiger partial charge >= 0.3 is 0 Å². The van der Waals surface area contributed by atoms with Crippen LogP contribution < -0.4 is 14.8 Å². The molecule has 1 fully saturated rings. The monoisotopic (exact) mass is 368 g/mol. The van der Waals surface area contributed by atoms with Crippen molar-refractivity contribution in [3.8, 4) is 11.5 Å². The van der Waals surface area contributed by atoms with Crippen molar-refractivity contribution in [3.63, 3.8) is 0 Å². The molecule has 27 heavy (non-hydrogen) atoms. The van der Waals surface area contributed by atoms with Crippen LogP contribution >= 0.6 is 0 Å². The third-order valence-electron chi connectivity index (χ3n) is 4.61. The first-order valence-corrected chi connectivity index (χ1v) is 8.84. The summed E-state index contributed by atoms with van der Waals surface area (Å²) in [5, 5.41) is 2.87. The Morgan fingerprint density at radius 2 is 1.70 bits per heavy atom. The van der Waals surface area contributed by atoms with Crippen molar-refractivity contribution in [3.05, 3.63) is 59.7 Å². The first-order valence-electron chi connectivity index (χ1n) is 8.84. The highest BCUT2D eigenvalue weighted by molar-refractivity contribution is 5.98. The van der Waals surface area contributed by atoms with Crippen molar-refractivity contribution in [2.45, 2.75) is 6.04 Å². The van der Waals surface area contributed by atoms with Crippen molar-refractivity contribution < 1.29 is 23.8 Å². The largest absolute Gasteiger partial charge is 0.454 e. The SMILES string of the molecule is O=C(N[C@H](C(=O)N1CCOCC1)c1ccccc1)c1ccc2c(c1)OCO2. The second kappa shape index (κ2) is 7.67. The summed E-state index contributed by atoms with van der Waals surface area (Å²) in [5.41, 5.74) is 1.15. The molecule has 2 heterocycles. The topological polar surface area (TPSA) is 77.1 Å². The van der Waals surface area contributed by atoms with Gasteiger partial charge in [0.25, 0.3) is 5.91 Å². The standard InChI is InChI=1S/C20H20N2O5/c23-19(15-6-7-16-17(12-15)27-13-26-16)21-18(14-4-2-1-3-5-14)20(24)22-8-10-25-11-9-22/h1-7,12,18H,8-11,13H2,(H,21,23)/t18-/m0/s1. The predicted octanol–water partition coefficient (Wildman–Crippen LogP) is 1.75. The van der Waals surface area contributed by atoms with E-state index in [1.807, 2.05) is 30.3 Å². The zero-order valence-corrected chi connectivity index (χ0v) is 14.7. The zero-order chi connectivity index (χ0) is 18.6. The van der Waals surface area contributed by atoms with Crippen molar-refractivity contribution in [2.24, 2.45) is 0 Å². The van der Waals surface area contributed by atoms with Crippen molar-refractivity contribution in [1.82, 2.24) is 10.2 Å². The van der Waals surface area contributed by atoms with E-state index >= 15 is 0 Å². The van der Waals surface area contributed by atoms with E-state index in [0.717, 1.165) is 5.56 Å². The van der Waals surface area contributed by atoms with E-state index < -0.39 is 6.04 Å². The molecule has 2 aliphatic heterocycles. The molecule has 2 aliphatic rings. The Balaban J connectivity index is 1.57. The lowest BCUT2D eigenvalue weighted by molar-refractivity contribution is -0.137. The Bertz CT molecular complexity index is 834. The lowest BCUT2D eigenvalue weighted by atomic mass is 10.0. The molecule has 0 radical (unpaired) electrons. The molecule has 2 aromatic carbocycles. The Labute approximate surface area is 156 Å². The van der Waals surface area contributed by atoms with E-state index in [9.17, 15) is 9.59 Å². The van der Waals surface area contributed by atoms with Crippen LogP contribution in [0.1, 0.15) is 22.0 Å². The number of carbonyl (C=O) groups is 2. The number of nitrogens with zero attached hydrogens (tertiary/aromatic N) is 1. The molecule has 2 amide bonds. The Kier molecular flexibility index (Phi) is 4.93. The van der Waals surface area contributed by atoms with Crippen LogP contribution in [-0.4, -0.2) is 49.8 Å². The summed E-state index contributed by atoms with van der Waals surface area (Å²) in [5.74, 6) is 0.649. The van der Waals surface area contributed by atoms with Gasteiger partial charge in [-0.1, -0.05) is 30.3 Å². The number of fused-ring (bicyclic) bond motifs is 1. The number of nitrogens with one attached hydrogen (secondary N) is 1. The van der Waals surface area contributed by atoms with E-state index in [1.54, 1.807) is 23.1 Å². The molecule has 0 unspecified atom stereocenters. The normalized spacial score (nSPS) is 16.7. The van der Waals surface area contributed by atoms with Gasteiger partial charge in [0.15, 0.2) is 11.5 Å². The minimum Gasteiger partial charge on any atom is -0.454 e. The molecule has 4 rings (SSSR count). The fourth-order valence-corrected chi connectivity index (χ4v) is 3.15. The highest BCUT2D eigenvalue weighted by Crippen LogP contribution is 2.32. The molecule has 0 spiro atoms. The number of hydrogen-bond acceptors (Lipinski definition) is 5. The third-order valence-corrected chi connectivity index (χ3v) is 4.61. The first-order chi connectivity index (χ1) is 13.2. The van der Waals surface area contributed by atoms with E-state index in [0.29, 0.717) is 43.4 Å². The van der Waals surface area contributed by atoms with Crippen LogP contribution in [0.25, 0.3) is 0 Å². The van der Waals surface area contributed by atoms with Crippen LogP contribution in [-0.2, 0) is 9.53 Å². The first kappa shape index (κ1) is 17.4. The number of rotatable bonds is 4. The fraction of sp³-hybridized carbons (Fsp3) is 0.300. The van der Waals surface area contributed by atoms with Crippen LogP contribution in [0, 0.1) is 0 Å². The fourth-order valence-electron chi connectivity index (χ4n) is 3.15. The average molecular weight is 368 g/mol. The van der Waals surface area contributed by atoms with Gasteiger partial charge in [0.2, 0.25) is 12.7 Å². The third kappa shape index (κ3) is 3.73. The lowest BCUT2D eigenvalue weighted by Gasteiger charge is -2.31. The van der Waals surface area contributed by atoms with E-state index in [2.05, 4.69) is 5.32 Å². The highest BCUT2D eigenvalue weighted by Gasteiger charge is 2.29. The molecule has 7 nitrogen and oxygen atoms in total. The van der Waals surface area contributed by atoms with Gasteiger partial charge in [0.05, 0.1) is 13.2 Å². The lowest BCUT2D eigenvalue weighted by Crippen LogP contribution is -2.47. The number of ether oxygens (including phenoxy) is 3. The minimum absolute atomic E-state index is 0.140. The number of hydrogen-bond donors (Lipinski definition) is 1. The molecule has 2 aromatic rings. The van der Waals surface area contributed by atoms with Crippen LogP contribution in [0.3, 0.4) is 0 Å². The van der Waals surface area contributed by atoms with Crippen LogP contribution in [0.5, 0.6) is 11.5 Å². The molecule has 0 bridgehead atoms. The molecule has 0 aromatic heterocycles. The number of carbonyl (C=O) groups excluding carboxylic acids is 2. The summed E-state index contributed by atoms with van der Waals surface area (Å²) in [7, 11) is 0. The maximum absolute atomic E-state index is 13.1. The van der Waals surface area contributed by atoms with E-state index in [1.165, 1.54) is 0 Å². The Morgan fingerprint density at radius 3 is 2.48 bits per heavy atom. The van der Waals surface area contributed by atoms with Crippen molar-refractivity contribution in [1.29, 1.82) is 0 Å². The summed E-state index contributed by atoms with van der Waals surface area (Å²) in [6, 6.07) is 13.5. The van der Waals surface area contributed by atoms with E-state index in [-0.39, 0.29) is 18.6 Å². The summed E-state index contributed by atoms with van der Waals surface area (Å²) >= 11 is 0. The molecule has 1 saturated heterocycles. The second-order valence-electron chi connectivity index (χ2n) is 6.32. The molecular formula is C20H20N2O5. The van der Waals surface area contributed by atoms with Gasteiger partial charge in [0.1, 0.15) is 6.04 Å². The summed E-state index contributed by atoms with van der Waals surface area (Å²) in [6.45, 7) is 2.18. The molecule has 1 N–H and O–H groups in total. The average Bonchev–Trinajstić information content (AvgIpc) is 3.20. The summed E-state index contributed by atoms with van der Waals surface area (Å²) in [4.78, 5) is 27.6. The maximum atomic E-state index is 13.1. The second-order valence-corrected chi connectivity index (χ2v) is 6.32. The van der Waals surface area contributed by atoms with Crippen molar-refractivity contribution in [2.75, 3.05) is 33.1 Å². The Hall–Kier alpha value is -3.06. The van der Waals surface area contributed by atoms with Gasteiger partial charge in [-0.2, -0.15) is 0 Å². The van der Waals surface area contributed by atoms with Crippen LogP contribution in [0.2, 0.25) is 0 Å². The zero-order valence-electron chi connectivity index (χ0n) is 14.7. The van der Waals surface area contributed by atoms with Gasteiger partial charge in [0, 0.05) is 18.7 Å². The predicted molar refractivity (Wildman–Crippen MR) is 96.6 cm³/mol. The van der Waals surface area contributed by atoms with Gasteiger partial charge in [-0.25, -0.2) is 0 Å². The molecule has 140 valence electrons. The van der Waals surface area contributed by atoms with Crippen LogP contribution in [0.4, 0.5) is 0 Å². The Morgan fingerprint density at radius 1 is 0.963 bits per heavy atom. The summed E-state index contributed by atoms with van der Waals surface area (Å²) < 4.78 is 15.9. The smallest absolute Gasteiger partial charge is 0.252 e. The molecular weight excluding hydrogens is 348 g/mol. The highest BCUT2D eigenvalue weighted by atomic mass is 16.7. The number of amides is 2. The van der Waals surface area contributed by atoms with Crippen molar-refractivity contribution >= 4 is 11.8 Å². The molecule has 7 heteroatoms. The van der Waals surface area contributed by atoms with Gasteiger partial charge in [-0.05, 0) is 23.8 Å². The molecule has 1 atom stereocenters. The minimum atomic E-state index is -0.762. The van der Waals surface area contributed by atoms with Crippen LogP contribution in [0.15, 0.2) is 48.5 Å². The summed E-state index contributed by atoms with van der Waals surface area (Å²) in [6.07, 6.45) is 0. The number of morpholine rings is 1. The van der Waals surface area contributed by atoms with Gasteiger partial charge in [-0.3, -0.25) is 9.59 Å². The quantitative estimate of drug-likeness (QED) is 0.890. The number of benzene rings is 2. The molecule has 0 aliphatic carbocycles. The maximum Gasteiger partial charge on any atom is 0.252 e. The van der Waals surface area contributed by atoms with Gasteiger partial charge in [-0.15, -0.1) is 0 Å². The van der Waals surface area contributed by atoms with E-state index in [4.69, 9.17) is 14.2 Å².